The highest BCUT2D eigenvalue weighted by atomic mass is 32.2. The molecule has 0 spiro atoms. The smallest absolute Gasteiger partial charge is 0.210 e. The van der Waals surface area contributed by atoms with Crippen molar-refractivity contribution < 1.29 is 22.7 Å². The van der Waals surface area contributed by atoms with E-state index in [0.717, 1.165) is 17.0 Å². The molecule has 0 aliphatic carbocycles. The van der Waals surface area contributed by atoms with Gasteiger partial charge in [-0.3, -0.25) is 4.79 Å². The van der Waals surface area contributed by atoms with E-state index >= 15 is 0 Å². The zero-order valence-electron chi connectivity index (χ0n) is 13.8. The average Bonchev–Trinajstić information content (AvgIpc) is 2.80. The Morgan fingerprint density at radius 3 is 2.28 bits per heavy atom. The third-order valence-corrected chi connectivity index (χ3v) is 4.71. The number of halogens is 3. The number of ketones is 1. The molecule has 2 aromatic rings. The Morgan fingerprint density at radius 2 is 1.68 bits per heavy atom. The summed E-state index contributed by atoms with van der Waals surface area (Å²) in [7, 11) is 0. The second-order valence-electron chi connectivity index (χ2n) is 6.12. The molecule has 0 N–H and O–H groups in total. The molecule has 0 aromatic heterocycles. The summed E-state index contributed by atoms with van der Waals surface area (Å²) in [5, 5.41) is 0. The van der Waals surface area contributed by atoms with Crippen LogP contribution in [0.5, 0.6) is 0 Å². The molecule has 0 saturated carbocycles. The highest BCUT2D eigenvalue weighted by molar-refractivity contribution is 7.98. The summed E-state index contributed by atoms with van der Waals surface area (Å²) >= 11 is 1.38. The molecule has 6 heteroatoms. The van der Waals surface area contributed by atoms with Crippen molar-refractivity contribution in [1.82, 2.24) is 0 Å². The van der Waals surface area contributed by atoms with Crippen LogP contribution in [0.25, 0.3) is 11.3 Å². The van der Waals surface area contributed by atoms with Gasteiger partial charge in [-0.15, -0.1) is 11.8 Å². The van der Waals surface area contributed by atoms with E-state index < -0.39 is 28.8 Å². The lowest BCUT2D eigenvalue weighted by Crippen LogP contribution is -2.29. The molecule has 0 atom stereocenters. The van der Waals surface area contributed by atoms with Gasteiger partial charge in [-0.2, -0.15) is 0 Å². The van der Waals surface area contributed by atoms with Crippen LogP contribution in [0.2, 0.25) is 0 Å². The van der Waals surface area contributed by atoms with Crippen LogP contribution in [0.3, 0.4) is 0 Å². The number of Topliss-reactive ketones (excluding diaryl/α,β-unsaturated/α-hetero) is 1. The van der Waals surface area contributed by atoms with E-state index in [1.165, 1.54) is 30.0 Å². The Bertz CT molecular complexity index is 904. The number of carbonyl (C=O) groups excluding carboxylic acids is 1. The third-order valence-electron chi connectivity index (χ3n) is 3.99. The van der Waals surface area contributed by atoms with E-state index in [9.17, 15) is 18.0 Å². The fourth-order valence-corrected chi connectivity index (χ4v) is 3.09. The molecule has 1 aliphatic heterocycles. The van der Waals surface area contributed by atoms with Crippen molar-refractivity contribution in [2.75, 3.05) is 6.26 Å². The first-order chi connectivity index (χ1) is 11.7. The van der Waals surface area contributed by atoms with Crippen LogP contribution < -0.4 is 0 Å². The van der Waals surface area contributed by atoms with Gasteiger partial charge in [-0.05, 0) is 56.0 Å². The van der Waals surface area contributed by atoms with Crippen LogP contribution in [0, 0.1) is 17.5 Å². The fourth-order valence-electron chi connectivity index (χ4n) is 2.67. The second-order valence-corrected chi connectivity index (χ2v) is 7.00. The first-order valence-corrected chi connectivity index (χ1v) is 8.74. The summed E-state index contributed by atoms with van der Waals surface area (Å²) in [6.07, 6.45) is 1.82. The van der Waals surface area contributed by atoms with E-state index in [4.69, 9.17) is 4.74 Å². The molecule has 2 aromatic carbocycles. The predicted molar refractivity (Wildman–Crippen MR) is 91.5 cm³/mol. The van der Waals surface area contributed by atoms with Gasteiger partial charge in [-0.1, -0.05) is 6.07 Å². The van der Waals surface area contributed by atoms with Crippen LogP contribution >= 0.6 is 11.8 Å². The average molecular weight is 364 g/mol. The van der Waals surface area contributed by atoms with Crippen molar-refractivity contribution in [2.24, 2.45) is 0 Å². The van der Waals surface area contributed by atoms with Crippen molar-refractivity contribution >= 4 is 28.9 Å². The topological polar surface area (TPSA) is 26.3 Å². The lowest BCUT2D eigenvalue weighted by atomic mass is 9.92. The van der Waals surface area contributed by atoms with E-state index in [0.29, 0.717) is 0 Å². The molecule has 3 rings (SSSR count). The molecule has 1 aliphatic rings. The van der Waals surface area contributed by atoms with E-state index in [-0.39, 0.29) is 22.5 Å². The van der Waals surface area contributed by atoms with Crippen molar-refractivity contribution in [1.29, 1.82) is 0 Å². The van der Waals surface area contributed by atoms with Gasteiger partial charge in [0.05, 0.1) is 11.1 Å². The summed E-state index contributed by atoms with van der Waals surface area (Å²) in [6.45, 7) is 3.10. The zero-order valence-corrected chi connectivity index (χ0v) is 14.6. The summed E-state index contributed by atoms with van der Waals surface area (Å²) in [4.78, 5) is 13.4. The van der Waals surface area contributed by atoms with Crippen LogP contribution in [0.1, 0.15) is 25.0 Å². The van der Waals surface area contributed by atoms with Gasteiger partial charge >= 0.3 is 0 Å². The van der Waals surface area contributed by atoms with Crippen LogP contribution in [0.15, 0.2) is 41.3 Å². The maximum Gasteiger partial charge on any atom is 0.210 e. The maximum atomic E-state index is 14.5. The van der Waals surface area contributed by atoms with Crippen molar-refractivity contribution in [2.45, 2.75) is 24.3 Å². The van der Waals surface area contributed by atoms with Gasteiger partial charge in [0.2, 0.25) is 5.78 Å². The normalized spacial score (nSPS) is 16.3. The minimum absolute atomic E-state index is 0.0335. The molecular formula is C19H15F3O2S. The van der Waals surface area contributed by atoms with Crippen molar-refractivity contribution in [3.8, 4) is 0 Å². The first kappa shape index (κ1) is 17.6. The molecule has 130 valence electrons. The Hall–Kier alpha value is -2.21. The standard InChI is InChI=1S/C19H15F3O2S/c1-19(2)18(23)16(10-4-7-13(20)15(22)8-10)17(24-19)12-6-5-11(25-3)9-14(12)21/h4-9H,1-3H3. The molecule has 0 bridgehead atoms. The van der Waals surface area contributed by atoms with E-state index in [2.05, 4.69) is 0 Å². The Balaban J connectivity index is 2.23. The number of thioether (sulfide) groups is 1. The summed E-state index contributed by atoms with van der Waals surface area (Å²) in [6, 6.07) is 7.70. The van der Waals surface area contributed by atoms with Crippen LogP contribution in [0.4, 0.5) is 13.2 Å². The van der Waals surface area contributed by atoms with Gasteiger partial charge in [0.25, 0.3) is 0 Å². The number of carbonyl (C=O) groups is 1. The van der Waals surface area contributed by atoms with Crippen molar-refractivity contribution in [3.05, 3.63) is 65.0 Å². The molecule has 0 unspecified atom stereocenters. The van der Waals surface area contributed by atoms with Gasteiger partial charge in [-0.25, -0.2) is 13.2 Å². The molecule has 0 fully saturated rings. The Kier molecular flexibility index (Phi) is 4.41. The SMILES string of the molecule is CSc1ccc(C2=C(c3ccc(F)c(F)c3)C(=O)C(C)(C)O2)c(F)c1. The monoisotopic (exact) mass is 364 g/mol. The molecule has 0 radical (unpaired) electrons. The summed E-state index contributed by atoms with van der Waals surface area (Å²) < 4.78 is 47.1. The Morgan fingerprint density at radius 1 is 0.960 bits per heavy atom. The number of benzene rings is 2. The maximum absolute atomic E-state index is 14.5. The molecule has 25 heavy (non-hydrogen) atoms. The summed E-state index contributed by atoms with van der Waals surface area (Å²) in [5.74, 6) is -3.03. The predicted octanol–water partition coefficient (Wildman–Crippen LogP) is 5.07. The third kappa shape index (κ3) is 3.06. The van der Waals surface area contributed by atoms with Crippen LogP contribution in [-0.4, -0.2) is 17.6 Å². The first-order valence-electron chi connectivity index (χ1n) is 7.52. The molecular weight excluding hydrogens is 349 g/mol. The quantitative estimate of drug-likeness (QED) is 0.711. The van der Waals surface area contributed by atoms with E-state index in [1.54, 1.807) is 19.9 Å². The number of hydrogen-bond donors (Lipinski definition) is 0. The lowest BCUT2D eigenvalue weighted by molar-refractivity contribution is -0.125. The molecule has 2 nitrogen and oxygen atoms in total. The fraction of sp³-hybridized carbons (Fsp3) is 0.211. The van der Waals surface area contributed by atoms with E-state index in [1.807, 2.05) is 6.26 Å². The zero-order chi connectivity index (χ0) is 18.4. The van der Waals surface area contributed by atoms with Gasteiger partial charge in [0.1, 0.15) is 11.6 Å². The largest absolute Gasteiger partial charge is 0.478 e. The minimum Gasteiger partial charge on any atom is -0.478 e. The van der Waals surface area contributed by atoms with Gasteiger partial charge < -0.3 is 4.74 Å². The lowest BCUT2D eigenvalue weighted by Gasteiger charge is -2.18. The van der Waals surface area contributed by atoms with Gasteiger partial charge in [0.15, 0.2) is 17.2 Å². The number of ether oxygens (including phenoxy) is 1. The molecule has 1 heterocycles. The van der Waals surface area contributed by atoms with Crippen molar-refractivity contribution in [3.63, 3.8) is 0 Å². The highest BCUT2D eigenvalue weighted by Gasteiger charge is 2.43. The number of hydrogen-bond acceptors (Lipinski definition) is 3. The number of rotatable bonds is 3. The summed E-state index contributed by atoms with van der Waals surface area (Å²) in [5.41, 5.74) is -0.922. The molecule has 0 amide bonds. The van der Waals surface area contributed by atoms with Gasteiger partial charge in [0, 0.05) is 4.90 Å². The van der Waals surface area contributed by atoms with Crippen LogP contribution in [-0.2, 0) is 9.53 Å². The second kappa shape index (κ2) is 6.26. The highest BCUT2D eigenvalue weighted by Crippen LogP contribution is 2.42. The Labute approximate surface area is 147 Å². The molecule has 0 saturated heterocycles. The minimum atomic E-state index is -1.22.